The van der Waals surface area contributed by atoms with E-state index in [4.69, 9.17) is 63.1 Å². The number of aliphatic carboxylic acids is 1. The molecule has 2 rings (SSSR count). The lowest BCUT2D eigenvalue weighted by Gasteiger charge is -2.26. The van der Waals surface area contributed by atoms with Gasteiger partial charge < -0.3 is 5.11 Å². The van der Waals surface area contributed by atoms with E-state index in [1.807, 2.05) is 0 Å². The smallest absolute Gasteiger partial charge is 0.305 e. The number of sulfonamides is 1. The number of halogens is 5. The zero-order valence-corrected chi connectivity index (χ0v) is 17.3. The summed E-state index contributed by atoms with van der Waals surface area (Å²) in [5, 5.41) is 9.19. The molecule has 26 heavy (non-hydrogen) atoms. The lowest BCUT2D eigenvalue weighted by atomic mass is 10.3. The van der Waals surface area contributed by atoms with Gasteiger partial charge in [0, 0.05) is 11.6 Å². The van der Waals surface area contributed by atoms with Crippen molar-refractivity contribution in [1.82, 2.24) is 0 Å². The summed E-state index contributed by atoms with van der Waals surface area (Å²) in [6.07, 6.45) is -0.478. The van der Waals surface area contributed by atoms with Crippen molar-refractivity contribution in [1.29, 1.82) is 0 Å². The van der Waals surface area contributed by atoms with Crippen LogP contribution in [0, 0.1) is 0 Å². The third-order valence-corrected chi connectivity index (χ3v) is 6.80. The van der Waals surface area contributed by atoms with Crippen LogP contribution in [0.15, 0.2) is 35.2 Å². The highest BCUT2D eigenvalue weighted by Crippen LogP contribution is 2.38. The molecule has 0 atom stereocenters. The van der Waals surface area contributed by atoms with E-state index in [0.29, 0.717) is 0 Å². The van der Waals surface area contributed by atoms with Crippen molar-refractivity contribution < 1.29 is 18.3 Å². The SMILES string of the molecule is O=C(O)CCN(c1cc(Cl)c(Cl)cc1Cl)S(=O)(=O)c1cc(Cl)ccc1Cl. The molecule has 0 fully saturated rings. The summed E-state index contributed by atoms with van der Waals surface area (Å²) in [5.41, 5.74) is -0.0293. The predicted molar refractivity (Wildman–Crippen MR) is 105 cm³/mol. The first-order valence-electron chi connectivity index (χ1n) is 6.88. The highest BCUT2D eigenvalue weighted by Gasteiger charge is 2.30. The van der Waals surface area contributed by atoms with Gasteiger partial charge in [-0.1, -0.05) is 58.0 Å². The number of nitrogens with zero attached hydrogens (tertiary/aromatic N) is 1. The summed E-state index contributed by atoms with van der Waals surface area (Å²) >= 11 is 29.9. The first-order chi connectivity index (χ1) is 12.0. The maximum atomic E-state index is 13.1. The molecule has 11 heteroatoms. The van der Waals surface area contributed by atoms with Crippen LogP contribution in [0.4, 0.5) is 5.69 Å². The Morgan fingerprint density at radius 2 is 1.54 bits per heavy atom. The van der Waals surface area contributed by atoms with Gasteiger partial charge in [0.05, 0.1) is 32.2 Å². The highest BCUT2D eigenvalue weighted by atomic mass is 35.5. The lowest BCUT2D eigenvalue weighted by Crippen LogP contribution is -2.33. The highest BCUT2D eigenvalue weighted by molar-refractivity contribution is 7.93. The van der Waals surface area contributed by atoms with Crippen LogP contribution in [-0.2, 0) is 14.8 Å². The summed E-state index contributed by atoms with van der Waals surface area (Å²) in [7, 11) is -4.29. The number of hydrogen-bond acceptors (Lipinski definition) is 3. The van der Waals surface area contributed by atoms with Gasteiger partial charge in [-0.05, 0) is 30.3 Å². The minimum Gasteiger partial charge on any atom is -0.481 e. The van der Waals surface area contributed by atoms with Crippen molar-refractivity contribution in [2.45, 2.75) is 11.3 Å². The minimum absolute atomic E-state index is 0.0217. The fourth-order valence-corrected chi connectivity index (χ4v) is 4.97. The van der Waals surface area contributed by atoms with Gasteiger partial charge in [0.2, 0.25) is 0 Å². The summed E-state index contributed by atoms with van der Waals surface area (Å²) in [6.45, 7) is -0.405. The first-order valence-corrected chi connectivity index (χ1v) is 10.2. The van der Waals surface area contributed by atoms with Gasteiger partial charge in [0.25, 0.3) is 10.0 Å². The molecule has 0 aromatic heterocycles. The fraction of sp³-hybridized carbons (Fsp3) is 0.133. The van der Waals surface area contributed by atoms with Gasteiger partial charge in [0.15, 0.2) is 0 Å². The minimum atomic E-state index is -4.29. The number of hydrogen-bond donors (Lipinski definition) is 1. The average Bonchev–Trinajstić information content (AvgIpc) is 2.54. The van der Waals surface area contributed by atoms with E-state index >= 15 is 0 Å². The number of benzene rings is 2. The molecular formula is C15H10Cl5NO4S. The molecule has 0 saturated heterocycles. The van der Waals surface area contributed by atoms with E-state index in [-0.39, 0.29) is 35.7 Å². The van der Waals surface area contributed by atoms with Crippen LogP contribution in [0.2, 0.25) is 25.1 Å². The zero-order chi connectivity index (χ0) is 19.6. The Balaban J connectivity index is 2.66. The molecular weight excluding hydrogens is 468 g/mol. The van der Waals surface area contributed by atoms with E-state index < -0.39 is 29.0 Å². The van der Waals surface area contributed by atoms with Crippen LogP contribution in [0.5, 0.6) is 0 Å². The second-order valence-electron chi connectivity index (χ2n) is 5.01. The van der Waals surface area contributed by atoms with Crippen molar-refractivity contribution in [3.8, 4) is 0 Å². The van der Waals surface area contributed by atoms with Gasteiger partial charge in [-0.3, -0.25) is 9.10 Å². The van der Waals surface area contributed by atoms with Crippen molar-refractivity contribution in [3.05, 3.63) is 55.4 Å². The van der Waals surface area contributed by atoms with Gasteiger partial charge >= 0.3 is 5.97 Å². The molecule has 0 heterocycles. The van der Waals surface area contributed by atoms with Gasteiger partial charge in [0.1, 0.15) is 4.90 Å². The molecule has 140 valence electrons. The van der Waals surface area contributed by atoms with Crippen molar-refractivity contribution in [2.24, 2.45) is 0 Å². The predicted octanol–water partition coefficient (Wildman–Crippen LogP) is 5.62. The molecule has 0 unspecified atom stereocenters. The van der Waals surface area contributed by atoms with Gasteiger partial charge in [-0.15, -0.1) is 0 Å². The Kier molecular flexibility index (Phi) is 6.93. The molecule has 0 aliphatic rings. The molecule has 0 spiro atoms. The Hall–Kier alpha value is -0.890. The topological polar surface area (TPSA) is 74.7 Å². The molecule has 2 aromatic rings. The zero-order valence-electron chi connectivity index (χ0n) is 12.7. The van der Waals surface area contributed by atoms with Gasteiger partial charge in [-0.25, -0.2) is 8.42 Å². The second-order valence-corrected chi connectivity index (χ2v) is 8.91. The van der Waals surface area contributed by atoms with Crippen LogP contribution in [-0.4, -0.2) is 26.0 Å². The van der Waals surface area contributed by atoms with E-state index in [9.17, 15) is 13.2 Å². The average molecular weight is 478 g/mol. The monoisotopic (exact) mass is 475 g/mol. The molecule has 0 amide bonds. The number of carboxylic acids is 1. The Morgan fingerprint density at radius 3 is 2.15 bits per heavy atom. The number of rotatable bonds is 6. The molecule has 1 N–H and O–H groups in total. The summed E-state index contributed by atoms with van der Waals surface area (Å²) in [6, 6.07) is 6.42. The third kappa shape index (κ3) is 4.68. The maximum Gasteiger partial charge on any atom is 0.305 e. The van der Waals surface area contributed by atoms with Gasteiger partial charge in [-0.2, -0.15) is 0 Å². The molecule has 0 aliphatic heterocycles. The largest absolute Gasteiger partial charge is 0.481 e. The van der Waals surface area contributed by atoms with Crippen LogP contribution in [0.1, 0.15) is 6.42 Å². The quantitative estimate of drug-likeness (QED) is 0.548. The lowest BCUT2D eigenvalue weighted by molar-refractivity contribution is -0.136. The Bertz CT molecular complexity index is 965. The molecule has 2 aromatic carbocycles. The summed E-state index contributed by atoms with van der Waals surface area (Å²) < 4.78 is 27.1. The standard InChI is InChI=1S/C15H10Cl5NO4S/c16-8-1-2-9(17)14(5-8)26(24,25)21(4-3-15(22)23)13-7-11(19)10(18)6-12(13)20/h1-2,5-7H,3-4H2,(H,22,23). The van der Waals surface area contributed by atoms with E-state index in [2.05, 4.69) is 0 Å². The van der Waals surface area contributed by atoms with E-state index in [1.54, 1.807) is 0 Å². The molecule has 0 bridgehead atoms. The molecule has 0 radical (unpaired) electrons. The Morgan fingerprint density at radius 1 is 0.923 bits per heavy atom. The van der Waals surface area contributed by atoms with Crippen LogP contribution >= 0.6 is 58.0 Å². The van der Waals surface area contributed by atoms with Crippen LogP contribution in [0.25, 0.3) is 0 Å². The maximum absolute atomic E-state index is 13.1. The van der Waals surface area contributed by atoms with Crippen molar-refractivity contribution >= 4 is 79.7 Å². The van der Waals surface area contributed by atoms with Crippen molar-refractivity contribution in [3.63, 3.8) is 0 Å². The summed E-state index contributed by atoms with van der Waals surface area (Å²) in [4.78, 5) is 10.7. The van der Waals surface area contributed by atoms with E-state index in [1.165, 1.54) is 30.3 Å². The Labute approximate surface area is 175 Å². The number of carboxylic acid groups (broad SMARTS) is 1. The van der Waals surface area contributed by atoms with Crippen LogP contribution < -0.4 is 4.31 Å². The number of carbonyl (C=O) groups is 1. The van der Waals surface area contributed by atoms with Crippen molar-refractivity contribution in [2.75, 3.05) is 10.8 Å². The molecule has 5 nitrogen and oxygen atoms in total. The number of anilines is 1. The van der Waals surface area contributed by atoms with Crippen LogP contribution in [0.3, 0.4) is 0 Å². The van der Waals surface area contributed by atoms with E-state index in [0.717, 1.165) is 4.31 Å². The molecule has 0 saturated carbocycles. The first kappa shape index (κ1) is 21.4. The summed E-state index contributed by atoms with van der Waals surface area (Å²) in [5.74, 6) is -1.20. The second kappa shape index (κ2) is 8.42. The molecule has 0 aliphatic carbocycles. The third-order valence-electron chi connectivity index (χ3n) is 3.25. The fourth-order valence-electron chi connectivity index (χ4n) is 2.06. The normalized spacial score (nSPS) is 11.4.